The number of hydrogen-bond donors (Lipinski definition) is 1. The molecule has 2 N–H and O–H groups in total. The lowest BCUT2D eigenvalue weighted by Gasteiger charge is -2.15. The van der Waals surface area contributed by atoms with Crippen LogP contribution in [0.15, 0.2) is 6.20 Å². The van der Waals surface area contributed by atoms with E-state index in [0.717, 1.165) is 0 Å². The highest BCUT2D eigenvalue weighted by molar-refractivity contribution is 6.28. The first-order chi connectivity index (χ1) is 6.02. The average molecular weight is 201 g/mol. The SMILES string of the molecule is CC(=O)N(C)c1nc(Cl)ncc1N. The van der Waals surface area contributed by atoms with Crippen LogP contribution in [-0.4, -0.2) is 22.9 Å². The summed E-state index contributed by atoms with van der Waals surface area (Å²) in [5, 5.41) is 0.0669. The molecule has 1 rings (SSSR count). The van der Waals surface area contributed by atoms with Gasteiger partial charge in [-0.05, 0) is 11.6 Å². The van der Waals surface area contributed by atoms with Crippen molar-refractivity contribution < 1.29 is 4.79 Å². The Morgan fingerprint density at radius 1 is 1.69 bits per heavy atom. The van der Waals surface area contributed by atoms with Gasteiger partial charge < -0.3 is 5.73 Å². The van der Waals surface area contributed by atoms with Gasteiger partial charge in [0, 0.05) is 14.0 Å². The predicted octanol–water partition coefficient (Wildman–Crippen LogP) is 0.695. The van der Waals surface area contributed by atoms with Gasteiger partial charge in [0.2, 0.25) is 11.2 Å². The summed E-state index contributed by atoms with van der Waals surface area (Å²) >= 11 is 5.55. The third-order valence-electron chi connectivity index (χ3n) is 1.56. The van der Waals surface area contributed by atoms with Crippen LogP contribution in [0.25, 0.3) is 0 Å². The zero-order valence-corrected chi connectivity index (χ0v) is 8.04. The van der Waals surface area contributed by atoms with Crippen molar-refractivity contribution in [1.82, 2.24) is 9.97 Å². The number of rotatable bonds is 1. The average Bonchev–Trinajstić information content (AvgIpc) is 2.08. The number of anilines is 2. The van der Waals surface area contributed by atoms with E-state index in [9.17, 15) is 4.79 Å². The van der Waals surface area contributed by atoms with E-state index in [1.165, 1.54) is 18.0 Å². The van der Waals surface area contributed by atoms with Gasteiger partial charge in [-0.15, -0.1) is 0 Å². The molecular weight excluding hydrogens is 192 g/mol. The number of aromatic nitrogens is 2. The first kappa shape index (κ1) is 9.73. The lowest BCUT2D eigenvalue weighted by Crippen LogP contribution is -2.25. The zero-order chi connectivity index (χ0) is 10.0. The molecule has 1 heterocycles. The van der Waals surface area contributed by atoms with Crippen molar-refractivity contribution in [3.8, 4) is 0 Å². The second-order valence-electron chi connectivity index (χ2n) is 2.50. The van der Waals surface area contributed by atoms with Crippen LogP contribution in [-0.2, 0) is 4.79 Å². The van der Waals surface area contributed by atoms with Crippen molar-refractivity contribution in [2.75, 3.05) is 17.7 Å². The minimum Gasteiger partial charge on any atom is -0.394 e. The molecule has 0 saturated heterocycles. The number of nitrogens with zero attached hydrogens (tertiary/aromatic N) is 3. The molecular formula is C7H9ClN4O. The Morgan fingerprint density at radius 2 is 2.31 bits per heavy atom. The van der Waals surface area contributed by atoms with Gasteiger partial charge in [-0.2, -0.15) is 4.98 Å². The third kappa shape index (κ3) is 2.06. The molecule has 1 amide bonds. The standard InChI is InChI=1S/C7H9ClN4O/c1-4(13)12(2)6-5(9)3-10-7(8)11-6/h3H,9H2,1-2H3. The van der Waals surface area contributed by atoms with Gasteiger partial charge >= 0.3 is 0 Å². The monoisotopic (exact) mass is 200 g/mol. The molecule has 0 spiro atoms. The molecule has 5 nitrogen and oxygen atoms in total. The molecule has 0 radical (unpaired) electrons. The number of hydrogen-bond acceptors (Lipinski definition) is 4. The smallest absolute Gasteiger partial charge is 0.224 e. The third-order valence-corrected chi connectivity index (χ3v) is 1.74. The van der Waals surface area contributed by atoms with E-state index < -0.39 is 0 Å². The Bertz CT molecular complexity index is 341. The van der Waals surface area contributed by atoms with Gasteiger partial charge in [0.1, 0.15) is 0 Å². The molecule has 6 heteroatoms. The van der Waals surface area contributed by atoms with E-state index in [1.807, 2.05) is 0 Å². The molecule has 0 bridgehead atoms. The molecule has 0 aliphatic carbocycles. The zero-order valence-electron chi connectivity index (χ0n) is 7.28. The van der Waals surface area contributed by atoms with Gasteiger partial charge in [-0.25, -0.2) is 4.98 Å². The molecule has 0 atom stereocenters. The highest BCUT2D eigenvalue weighted by Crippen LogP contribution is 2.19. The highest BCUT2D eigenvalue weighted by atomic mass is 35.5. The minimum absolute atomic E-state index is 0.0669. The van der Waals surface area contributed by atoms with Crippen LogP contribution in [0, 0.1) is 0 Å². The molecule has 1 aromatic heterocycles. The van der Waals surface area contributed by atoms with E-state index in [-0.39, 0.29) is 11.2 Å². The molecule has 0 aliphatic rings. The van der Waals surface area contributed by atoms with Crippen molar-refractivity contribution in [3.63, 3.8) is 0 Å². The fourth-order valence-electron chi connectivity index (χ4n) is 0.779. The minimum atomic E-state index is -0.165. The second kappa shape index (κ2) is 3.57. The van der Waals surface area contributed by atoms with Gasteiger partial charge in [0.25, 0.3) is 0 Å². The maximum Gasteiger partial charge on any atom is 0.224 e. The first-order valence-electron chi connectivity index (χ1n) is 3.54. The maximum absolute atomic E-state index is 11.0. The lowest BCUT2D eigenvalue weighted by molar-refractivity contribution is -0.116. The van der Waals surface area contributed by atoms with Crippen LogP contribution < -0.4 is 10.6 Å². The van der Waals surface area contributed by atoms with Gasteiger partial charge in [-0.1, -0.05) is 0 Å². The molecule has 0 aliphatic heterocycles. The normalized spacial score (nSPS) is 9.77. The summed E-state index contributed by atoms with van der Waals surface area (Å²) in [7, 11) is 1.57. The number of nitrogen functional groups attached to an aromatic ring is 1. The summed E-state index contributed by atoms with van der Waals surface area (Å²) in [6, 6.07) is 0. The van der Waals surface area contributed by atoms with Crippen molar-refractivity contribution in [3.05, 3.63) is 11.5 Å². The van der Waals surface area contributed by atoms with E-state index >= 15 is 0 Å². The molecule has 0 aromatic carbocycles. The Balaban J connectivity index is 3.12. The maximum atomic E-state index is 11.0. The lowest BCUT2D eigenvalue weighted by atomic mass is 10.4. The molecule has 0 unspecified atom stereocenters. The molecule has 0 saturated carbocycles. The molecule has 1 aromatic rings. The number of nitrogens with two attached hydrogens (primary N) is 1. The fraction of sp³-hybridized carbons (Fsp3) is 0.286. The van der Waals surface area contributed by atoms with Gasteiger partial charge in [0.05, 0.1) is 11.9 Å². The topological polar surface area (TPSA) is 72.1 Å². The summed E-state index contributed by atoms with van der Waals surface area (Å²) in [5.41, 5.74) is 5.87. The summed E-state index contributed by atoms with van der Waals surface area (Å²) in [6.07, 6.45) is 1.37. The first-order valence-corrected chi connectivity index (χ1v) is 3.92. The van der Waals surface area contributed by atoms with Crippen LogP contribution in [0.3, 0.4) is 0 Å². The summed E-state index contributed by atoms with van der Waals surface area (Å²) in [5.74, 6) is 0.161. The van der Waals surface area contributed by atoms with Crippen LogP contribution in [0.4, 0.5) is 11.5 Å². The number of halogens is 1. The molecule has 70 valence electrons. The van der Waals surface area contributed by atoms with Crippen molar-refractivity contribution in [1.29, 1.82) is 0 Å². The Kier molecular flexibility index (Phi) is 2.67. The second-order valence-corrected chi connectivity index (χ2v) is 2.83. The largest absolute Gasteiger partial charge is 0.394 e. The fourth-order valence-corrected chi connectivity index (χ4v) is 0.908. The van der Waals surface area contributed by atoms with Crippen LogP contribution >= 0.6 is 11.6 Å². The van der Waals surface area contributed by atoms with E-state index in [2.05, 4.69) is 9.97 Å². The van der Waals surface area contributed by atoms with Crippen LogP contribution in [0.1, 0.15) is 6.92 Å². The number of carbonyl (C=O) groups excluding carboxylic acids is 1. The van der Waals surface area contributed by atoms with Crippen molar-refractivity contribution >= 4 is 29.0 Å². The van der Waals surface area contributed by atoms with Gasteiger partial charge in [-0.3, -0.25) is 9.69 Å². The Hall–Kier alpha value is -1.36. The number of carbonyl (C=O) groups is 1. The summed E-state index contributed by atoms with van der Waals surface area (Å²) in [4.78, 5) is 19.8. The van der Waals surface area contributed by atoms with Crippen molar-refractivity contribution in [2.45, 2.75) is 6.92 Å². The summed E-state index contributed by atoms with van der Waals surface area (Å²) < 4.78 is 0. The van der Waals surface area contributed by atoms with E-state index in [1.54, 1.807) is 7.05 Å². The molecule has 0 fully saturated rings. The quantitative estimate of drug-likeness (QED) is 0.678. The number of amides is 1. The van der Waals surface area contributed by atoms with Crippen LogP contribution in [0.2, 0.25) is 5.28 Å². The Morgan fingerprint density at radius 3 is 2.85 bits per heavy atom. The molecule has 13 heavy (non-hydrogen) atoms. The predicted molar refractivity (Wildman–Crippen MR) is 50.5 cm³/mol. The van der Waals surface area contributed by atoms with E-state index in [0.29, 0.717) is 11.5 Å². The van der Waals surface area contributed by atoms with Crippen LogP contribution in [0.5, 0.6) is 0 Å². The van der Waals surface area contributed by atoms with Crippen molar-refractivity contribution in [2.24, 2.45) is 0 Å². The van der Waals surface area contributed by atoms with E-state index in [4.69, 9.17) is 17.3 Å². The highest BCUT2D eigenvalue weighted by Gasteiger charge is 2.11. The summed E-state index contributed by atoms with van der Waals surface area (Å²) in [6.45, 7) is 1.41. The Labute approximate surface area is 80.5 Å². The van der Waals surface area contributed by atoms with Gasteiger partial charge in [0.15, 0.2) is 5.82 Å².